The van der Waals surface area contributed by atoms with Crippen molar-refractivity contribution in [1.82, 2.24) is 36.2 Å². The Bertz CT molecular complexity index is 1640. The SMILES string of the molecule is CC(C)(C)OC(=O)NCC1CCC(C(=O)N[C@@H](Cc2ccc(-c3cccnc3N)cc2)C(=O)Nc2ccc(-c3nn[nH]n3)cc2)CC1. The van der Waals surface area contributed by atoms with Gasteiger partial charge < -0.3 is 26.4 Å². The number of nitrogen functional groups attached to an aromatic ring is 1. The summed E-state index contributed by atoms with van der Waals surface area (Å²) in [5.74, 6) is 0.421. The van der Waals surface area contributed by atoms with Crippen LogP contribution in [0.3, 0.4) is 0 Å². The monoisotopic (exact) mass is 639 g/mol. The number of aromatic nitrogens is 5. The van der Waals surface area contributed by atoms with Crippen molar-refractivity contribution in [3.05, 3.63) is 72.4 Å². The van der Waals surface area contributed by atoms with Crippen molar-refractivity contribution in [3.63, 3.8) is 0 Å². The Kier molecular flexibility index (Phi) is 10.4. The fraction of sp³-hybridized carbons (Fsp3) is 0.382. The summed E-state index contributed by atoms with van der Waals surface area (Å²) in [7, 11) is 0. The smallest absolute Gasteiger partial charge is 0.407 e. The average Bonchev–Trinajstić information content (AvgIpc) is 3.59. The van der Waals surface area contributed by atoms with Gasteiger partial charge in [-0.1, -0.05) is 24.3 Å². The van der Waals surface area contributed by atoms with Crippen LogP contribution >= 0.6 is 0 Å². The van der Waals surface area contributed by atoms with Crippen molar-refractivity contribution in [1.29, 1.82) is 0 Å². The molecule has 2 heterocycles. The second kappa shape index (κ2) is 14.8. The van der Waals surface area contributed by atoms with Gasteiger partial charge in [-0.15, -0.1) is 10.2 Å². The Hall–Kier alpha value is -5.33. The Morgan fingerprint density at radius 1 is 0.979 bits per heavy atom. The number of aromatic amines is 1. The lowest BCUT2D eigenvalue weighted by atomic mass is 9.81. The Balaban J connectivity index is 1.23. The van der Waals surface area contributed by atoms with Crippen molar-refractivity contribution in [2.75, 3.05) is 17.6 Å². The highest BCUT2D eigenvalue weighted by molar-refractivity contribution is 5.97. The number of amides is 3. The predicted molar refractivity (Wildman–Crippen MR) is 178 cm³/mol. The molecule has 47 heavy (non-hydrogen) atoms. The summed E-state index contributed by atoms with van der Waals surface area (Å²) < 4.78 is 5.33. The van der Waals surface area contributed by atoms with E-state index in [1.165, 1.54) is 0 Å². The summed E-state index contributed by atoms with van der Waals surface area (Å²) in [6, 6.07) is 17.7. The van der Waals surface area contributed by atoms with Crippen molar-refractivity contribution in [3.8, 4) is 22.5 Å². The zero-order chi connectivity index (χ0) is 33.4. The number of ether oxygens (including phenoxy) is 1. The fourth-order valence-corrected chi connectivity index (χ4v) is 5.60. The molecule has 0 spiro atoms. The summed E-state index contributed by atoms with van der Waals surface area (Å²) in [5.41, 5.74) is 9.42. The quantitative estimate of drug-likeness (QED) is 0.166. The maximum Gasteiger partial charge on any atom is 0.407 e. The molecule has 1 saturated carbocycles. The van der Waals surface area contributed by atoms with E-state index in [9.17, 15) is 14.4 Å². The molecule has 0 unspecified atom stereocenters. The molecule has 4 aromatic rings. The van der Waals surface area contributed by atoms with Gasteiger partial charge in [-0.3, -0.25) is 9.59 Å². The minimum Gasteiger partial charge on any atom is -0.444 e. The first-order valence-corrected chi connectivity index (χ1v) is 15.8. The van der Waals surface area contributed by atoms with Gasteiger partial charge >= 0.3 is 6.09 Å². The number of pyridine rings is 1. The number of hydrogen-bond acceptors (Lipinski definition) is 9. The van der Waals surface area contributed by atoms with Gasteiger partial charge in [0.2, 0.25) is 17.6 Å². The van der Waals surface area contributed by atoms with Crippen LogP contribution in [0.4, 0.5) is 16.3 Å². The van der Waals surface area contributed by atoms with Gasteiger partial charge in [0.25, 0.3) is 0 Å². The van der Waals surface area contributed by atoms with Crippen LogP contribution in [0.25, 0.3) is 22.5 Å². The highest BCUT2D eigenvalue weighted by Gasteiger charge is 2.30. The molecule has 0 bridgehead atoms. The predicted octanol–water partition coefficient (Wildman–Crippen LogP) is 4.51. The van der Waals surface area contributed by atoms with Crippen molar-refractivity contribution < 1.29 is 19.1 Å². The Morgan fingerprint density at radius 2 is 1.68 bits per heavy atom. The van der Waals surface area contributed by atoms with Crippen LogP contribution in [0.1, 0.15) is 52.0 Å². The summed E-state index contributed by atoms with van der Waals surface area (Å²) in [4.78, 5) is 43.4. The molecule has 13 nitrogen and oxygen atoms in total. The van der Waals surface area contributed by atoms with E-state index >= 15 is 0 Å². The van der Waals surface area contributed by atoms with E-state index in [-0.39, 0.29) is 30.1 Å². The van der Waals surface area contributed by atoms with Gasteiger partial charge in [0, 0.05) is 41.9 Å². The summed E-state index contributed by atoms with van der Waals surface area (Å²) in [5, 5.41) is 22.8. The number of hydrogen-bond donors (Lipinski definition) is 5. The number of benzene rings is 2. The van der Waals surface area contributed by atoms with Gasteiger partial charge in [-0.25, -0.2) is 9.78 Å². The molecule has 0 aliphatic heterocycles. The average molecular weight is 640 g/mol. The van der Waals surface area contributed by atoms with E-state index < -0.39 is 17.7 Å². The fourth-order valence-electron chi connectivity index (χ4n) is 5.60. The van der Waals surface area contributed by atoms with E-state index in [0.717, 1.165) is 35.1 Å². The number of tetrazole rings is 1. The first-order chi connectivity index (χ1) is 22.5. The lowest BCUT2D eigenvalue weighted by Crippen LogP contribution is -2.48. The number of anilines is 2. The number of carbonyl (C=O) groups excluding carboxylic acids is 3. The number of nitrogens with one attached hydrogen (secondary N) is 4. The highest BCUT2D eigenvalue weighted by Crippen LogP contribution is 2.29. The molecule has 2 aromatic carbocycles. The van der Waals surface area contributed by atoms with Crippen LogP contribution in [0.5, 0.6) is 0 Å². The largest absolute Gasteiger partial charge is 0.444 e. The van der Waals surface area contributed by atoms with Crippen LogP contribution in [0.2, 0.25) is 0 Å². The van der Waals surface area contributed by atoms with Crippen LogP contribution < -0.4 is 21.7 Å². The lowest BCUT2D eigenvalue weighted by molar-refractivity contribution is -0.130. The Morgan fingerprint density at radius 3 is 2.32 bits per heavy atom. The summed E-state index contributed by atoms with van der Waals surface area (Å²) >= 11 is 0. The standard InChI is InChI=1S/C34H41N9O4/c1-34(2,3)47-33(46)37-20-22-8-12-25(13-9-22)31(44)39-28(19-21-6-10-23(11-7-21)27-5-4-18-36-29(27)35)32(45)38-26-16-14-24(15-17-26)30-40-42-43-41-30/h4-7,10-11,14-18,22,25,28H,8-9,12-13,19-20H2,1-3H3,(H2,35,36)(H,37,46)(H,38,45)(H,39,44)(H,40,41,42,43)/t22?,25?,28-/m0/s1. The van der Waals surface area contributed by atoms with Crippen molar-refractivity contribution in [2.24, 2.45) is 11.8 Å². The van der Waals surface area contributed by atoms with Crippen LogP contribution in [-0.4, -0.2) is 61.7 Å². The molecule has 0 radical (unpaired) electrons. The first kappa shape index (κ1) is 33.0. The van der Waals surface area contributed by atoms with E-state index in [4.69, 9.17) is 10.5 Å². The van der Waals surface area contributed by atoms with Crippen LogP contribution in [0.15, 0.2) is 66.9 Å². The van der Waals surface area contributed by atoms with E-state index in [0.29, 0.717) is 36.7 Å². The normalized spacial score (nSPS) is 16.9. The summed E-state index contributed by atoms with van der Waals surface area (Å²) in [6.07, 6.45) is 4.40. The molecule has 1 aliphatic carbocycles. The molecule has 2 aromatic heterocycles. The van der Waals surface area contributed by atoms with E-state index in [2.05, 4.69) is 41.6 Å². The second-order valence-electron chi connectivity index (χ2n) is 12.8. The topological polar surface area (TPSA) is 190 Å². The van der Waals surface area contributed by atoms with Gasteiger partial charge in [-0.2, -0.15) is 5.21 Å². The maximum absolute atomic E-state index is 13.6. The first-order valence-electron chi connectivity index (χ1n) is 15.8. The number of nitrogens with zero attached hydrogens (tertiary/aromatic N) is 4. The Labute approximate surface area is 273 Å². The third kappa shape index (κ3) is 9.35. The number of alkyl carbamates (subject to hydrolysis) is 1. The van der Waals surface area contributed by atoms with Crippen LogP contribution in [-0.2, 0) is 20.7 Å². The van der Waals surface area contributed by atoms with E-state index in [1.807, 2.05) is 57.2 Å². The number of carbonyl (C=O) groups is 3. The second-order valence-corrected chi connectivity index (χ2v) is 12.8. The van der Waals surface area contributed by atoms with Gasteiger partial charge in [0.15, 0.2) is 0 Å². The number of nitrogens with two attached hydrogens (primary N) is 1. The molecule has 3 amide bonds. The van der Waals surface area contributed by atoms with E-state index in [1.54, 1.807) is 30.5 Å². The third-order valence-corrected chi connectivity index (χ3v) is 8.08. The molecule has 0 saturated heterocycles. The van der Waals surface area contributed by atoms with Gasteiger partial charge in [-0.05, 0) is 105 Å². The van der Waals surface area contributed by atoms with Crippen molar-refractivity contribution in [2.45, 2.75) is 64.5 Å². The number of rotatable bonds is 10. The summed E-state index contributed by atoms with van der Waals surface area (Å²) in [6.45, 7) is 5.98. The molecule has 5 rings (SSSR count). The molecule has 1 aliphatic rings. The lowest BCUT2D eigenvalue weighted by Gasteiger charge is -2.29. The molecular weight excluding hydrogens is 598 g/mol. The molecule has 1 fully saturated rings. The molecule has 13 heteroatoms. The minimum atomic E-state index is -0.819. The maximum atomic E-state index is 13.6. The minimum absolute atomic E-state index is 0.157. The third-order valence-electron chi connectivity index (χ3n) is 8.08. The van der Waals surface area contributed by atoms with Gasteiger partial charge in [0.1, 0.15) is 17.5 Å². The number of H-pyrrole nitrogens is 1. The zero-order valence-corrected chi connectivity index (χ0v) is 26.8. The zero-order valence-electron chi connectivity index (χ0n) is 26.8. The van der Waals surface area contributed by atoms with Crippen LogP contribution in [0, 0.1) is 11.8 Å². The van der Waals surface area contributed by atoms with Crippen molar-refractivity contribution >= 4 is 29.4 Å². The molecular formula is C34H41N9O4. The molecule has 6 N–H and O–H groups in total. The molecule has 1 atom stereocenters. The highest BCUT2D eigenvalue weighted by atomic mass is 16.6. The van der Waals surface area contributed by atoms with Gasteiger partial charge in [0.05, 0.1) is 0 Å². The molecule has 246 valence electrons.